The van der Waals surface area contributed by atoms with Crippen LogP contribution in [-0.2, 0) is 19.6 Å². The third-order valence-electron chi connectivity index (χ3n) is 3.45. The summed E-state index contributed by atoms with van der Waals surface area (Å²) in [4.78, 5) is 27.0. The van der Waals surface area contributed by atoms with Crippen LogP contribution in [0.3, 0.4) is 0 Å². The maximum absolute atomic E-state index is 12.2. The van der Waals surface area contributed by atoms with E-state index < -0.39 is 10.0 Å². The highest BCUT2D eigenvalue weighted by molar-refractivity contribution is 7.88. The molecule has 0 radical (unpaired) electrons. The molecule has 0 bridgehead atoms. The Morgan fingerprint density at radius 2 is 1.64 bits per heavy atom. The van der Waals surface area contributed by atoms with E-state index in [0.717, 1.165) is 6.26 Å². The quantitative estimate of drug-likeness (QED) is 0.703. The van der Waals surface area contributed by atoms with E-state index in [1.165, 1.54) is 4.31 Å². The summed E-state index contributed by atoms with van der Waals surface area (Å²) in [7, 11) is -3.43. The van der Waals surface area contributed by atoms with Crippen LogP contribution in [0.5, 0.6) is 0 Å². The summed E-state index contributed by atoms with van der Waals surface area (Å²) >= 11 is 0. The van der Waals surface area contributed by atoms with Crippen molar-refractivity contribution < 1.29 is 22.7 Å². The van der Waals surface area contributed by atoms with E-state index in [1.807, 2.05) is 0 Å². The highest BCUT2D eigenvalue weighted by Crippen LogP contribution is 2.09. The average Bonchev–Trinajstić information content (AvgIpc) is 2.43. The number of sulfonamides is 1. The molecule has 0 unspecified atom stereocenters. The number of hydrogen-bond donors (Lipinski definition) is 0. The summed E-state index contributed by atoms with van der Waals surface area (Å²) in [6, 6.07) is -0.278. The lowest BCUT2D eigenvalue weighted by atomic mass is 10.3. The van der Waals surface area contributed by atoms with Gasteiger partial charge in [0.15, 0.2) is 0 Å². The molecule has 1 fully saturated rings. The highest BCUT2D eigenvalue weighted by Gasteiger charge is 2.29. The fourth-order valence-electron chi connectivity index (χ4n) is 2.27. The number of carbonyl (C=O) groups excluding carboxylic acids is 2. The Morgan fingerprint density at radius 3 is 2.05 bits per heavy atom. The van der Waals surface area contributed by atoms with Crippen LogP contribution < -0.4 is 0 Å². The van der Waals surface area contributed by atoms with E-state index in [9.17, 15) is 18.0 Å². The van der Waals surface area contributed by atoms with Gasteiger partial charge in [-0.2, -0.15) is 4.31 Å². The van der Waals surface area contributed by atoms with Crippen molar-refractivity contribution >= 4 is 22.0 Å². The van der Waals surface area contributed by atoms with Crippen molar-refractivity contribution in [2.45, 2.75) is 26.8 Å². The van der Waals surface area contributed by atoms with Crippen molar-refractivity contribution in [1.82, 2.24) is 14.1 Å². The van der Waals surface area contributed by atoms with E-state index in [2.05, 4.69) is 0 Å². The number of rotatable bonds is 5. The van der Waals surface area contributed by atoms with Crippen LogP contribution in [0, 0.1) is 0 Å². The molecule has 0 aromatic carbocycles. The molecule has 0 aromatic rings. The molecule has 1 aliphatic heterocycles. The molecule has 1 saturated heterocycles. The second-order valence-corrected chi connectivity index (χ2v) is 7.40. The van der Waals surface area contributed by atoms with Gasteiger partial charge in [-0.3, -0.25) is 4.79 Å². The molecule has 1 rings (SSSR count). The van der Waals surface area contributed by atoms with Gasteiger partial charge in [0.25, 0.3) is 0 Å². The predicted molar refractivity (Wildman–Crippen MR) is 81.9 cm³/mol. The Bertz CT molecular complexity index is 498. The zero-order valence-electron chi connectivity index (χ0n) is 13.6. The fraction of sp³-hybridized carbons (Fsp3) is 0.846. The average molecular weight is 335 g/mol. The summed E-state index contributed by atoms with van der Waals surface area (Å²) < 4.78 is 29.5. The molecule has 128 valence electrons. The first-order valence-corrected chi connectivity index (χ1v) is 9.18. The standard InChI is InChI=1S/C13H25N3O5S/c1-5-21-13(18)15-8-6-14(7-9-15)12(17)10-16(11(2)3)22(4,19)20/h11H,5-10H2,1-4H3. The van der Waals surface area contributed by atoms with Gasteiger partial charge in [0, 0.05) is 32.2 Å². The zero-order valence-corrected chi connectivity index (χ0v) is 14.4. The Balaban J connectivity index is 2.57. The first kappa shape index (κ1) is 18.7. The summed E-state index contributed by atoms with van der Waals surface area (Å²) in [5.74, 6) is -0.248. The minimum Gasteiger partial charge on any atom is -0.450 e. The lowest BCUT2D eigenvalue weighted by molar-refractivity contribution is -0.133. The highest BCUT2D eigenvalue weighted by atomic mass is 32.2. The van der Waals surface area contributed by atoms with Gasteiger partial charge >= 0.3 is 6.09 Å². The molecule has 2 amide bonds. The Kier molecular flexibility index (Phi) is 6.61. The molecular formula is C13H25N3O5S. The van der Waals surface area contributed by atoms with Crippen molar-refractivity contribution in [3.8, 4) is 0 Å². The molecule has 0 aromatic heterocycles. The van der Waals surface area contributed by atoms with Gasteiger partial charge in [-0.1, -0.05) is 0 Å². The molecule has 8 nitrogen and oxygen atoms in total. The van der Waals surface area contributed by atoms with Crippen LogP contribution >= 0.6 is 0 Å². The smallest absolute Gasteiger partial charge is 0.409 e. The molecular weight excluding hydrogens is 310 g/mol. The van der Waals surface area contributed by atoms with Crippen LogP contribution in [0.25, 0.3) is 0 Å². The molecule has 0 N–H and O–H groups in total. The minimum atomic E-state index is -3.43. The van der Waals surface area contributed by atoms with Crippen molar-refractivity contribution in [2.75, 3.05) is 45.6 Å². The van der Waals surface area contributed by atoms with Crippen LogP contribution in [0.15, 0.2) is 0 Å². The van der Waals surface area contributed by atoms with Gasteiger partial charge in [-0.15, -0.1) is 0 Å². The van der Waals surface area contributed by atoms with Crippen LogP contribution in [-0.4, -0.2) is 86.2 Å². The molecule has 0 aliphatic carbocycles. The number of hydrogen-bond acceptors (Lipinski definition) is 5. The third kappa shape index (κ3) is 5.13. The fourth-order valence-corrected chi connectivity index (χ4v) is 3.38. The van der Waals surface area contributed by atoms with Crippen molar-refractivity contribution in [1.29, 1.82) is 0 Å². The number of piperazine rings is 1. The molecule has 0 saturated carbocycles. The van der Waals surface area contributed by atoms with E-state index in [-0.39, 0.29) is 24.6 Å². The summed E-state index contributed by atoms with van der Waals surface area (Å²) in [5.41, 5.74) is 0. The van der Waals surface area contributed by atoms with Gasteiger partial charge in [-0.05, 0) is 20.8 Å². The van der Waals surface area contributed by atoms with Gasteiger partial charge < -0.3 is 14.5 Å². The largest absolute Gasteiger partial charge is 0.450 e. The first-order valence-electron chi connectivity index (χ1n) is 7.33. The first-order chi connectivity index (χ1) is 10.2. The third-order valence-corrected chi connectivity index (χ3v) is 4.85. The molecule has 0 atom stereocenters. The second-order valence-electron chi connectivity index (χ2n) is 5.47. The van der Waals surface area contributed by atoms with E-state index >= 15 is 0 Å². The van der Waals surface area contributed by atoms with Crippen molar-refractivity contribution in [2.24, 2.45) is 0 Å². The molecule has 1 heterocycles. The maximum Gasteiger partial charge on any atom is 0.409 e. The van der Waals surface area contributed by atoms with Gasteiger partial charge in [-0.25, -0.2) is 13.2 Å². The van der Waals surface area contributed by atoms with E-state index in [1.54, 1.807) is 30.6 Å². The lowest BCUT2D eigenvalue weighted by Crippen LogP contribution is -2.53. The summed E-state index contributed by atoms with van der Waals surface area (Å²) in [5, 5.41) is 0. The van der Waals surface area contributed by atoms with Gasteiger partial charge in [0.1, 0.15) is 0 Å². The molecule has 22 heavy (non-hydrogen) atoms. The van der Waals surface area contributed by atoms with Crippen LogP contribution in [0.4, 0.5) is 4.79 Å². The maximum atomic E-state index is 12.2. The SMILES string of the molecule is CCOC(=O)N1CCN(C(=O)CN(C(C)C)S(C)(=O)=O)CC1. The predicted octanol–water partition coefficient (Wildman–Crippen LogP) is -0.0429. The van der Waals surface area contributed by atoms with E-state index in [0.29, 0.717) is 32.8 Å². The number of amides is 2. The Hall–Kier alpha value is -1.35. The summed E-state index contributed by atoms with van der Waals surface area (Å²) in [6.45, 7) is 6.89. The van der Waals surface area contributed by atoms with Crippen molar-refractivity contribution in [3.63, 3.8) is 0 Å². The molecule has 1 aliphatic rings. The van der Waals surface area contributed by atoms with Crippen LogP contribution in [0.2, 0.25) is 0 Å². The Labute approximate surface area is 132 Å². The zero-order chi connectivity index (χ0) is 16.9. The minimum absolute atomic E-state index is 0.171. The second kappa shape index (κ2) is 7.77. The van der Waals surface area contributed by atoms with E-state index in [4.69, 9.17) is 4.74 Å². The van der Waals surface area contributed by atoms with Crippen molar-refractivity contribution in [3.05, 3.63) is 0 Å². The van der Waals surface area contributed by atoms with Gasteiger partial charge in [0.05, 0.1) is 19.4 Å². The molecule has 9 heteroatoms. The normalized spacial score (nSPS) is 16.3. The van der Waals surface area contributed by atoms with Gasteiger partial charge in [0.2, 0.25) is 15.9 Å². The topological polar surface area (TPSA) is 87.2 Å². The lowest BCUT2D eigenvalue weighted by Gasteiger charge is -2.35. The summed E-state index contributed by atoms with van der Waals surface area (Å²) in [6.07, 6.45) is 0.716. The van der Waals surface area contributed by atoms with Crippen LogP contribution in [0.1, 0.15) is 20.8 Å². The number of nitrogens with zero attached hydrogens (tertiary/aromatic N) is 3. The number of carbonyl (C=O) groups is 2. The Morgan fingerprint density at radius 1 is 1.14 bits per heavy atom. The molecule has 0 spiro atoms. The monoisotopic (exact) mass is 335 g/mol. The number of ether oxygens (including phenoxy) is 1.